The molecule has 0 aliphatic carbocycles. The fourth-order valence-electron chi connectivity index (χ4n) is 2.83. The van der Waals surface area contributed by atoms with Gasteiger partial charge in [0.05, 0.1) is 31.0 Å². The van der Waals surface area contributed by atoms with Crippen LogP contribution in [0.3, 0.4) is 0 Å². The van der Waals surface area contributed by atoms with E-state index in [1.807, 2.05) is 18.5 Å². The highest BCUT2D eigenvalue weighted by Crippen LogP contribution is 2.28. The summed E-state index contributed by atoms with van der Waals surface area (Å²) in [5.41, 5.74) is 0.937. The van der Waals surface area contributed by atoms with Crippen LogP contribution >= 0.6 is 0 Å². The summed E-state index contributed by atoms with van der Waals surface area (Å²) in [5, 5.41) is 0. The van der Waals surface area contributed by atoms with E-state index in [-0.39, 0.29) is 17.0 Å². The van der Waals surface area contributed by atoms with Gasteiger partial charge in [0.25, 0.3) is 0 Å². The van der Waals surface area contributed by atoms with Crippen molar-refractivity contribution in [2.75, 3.05) is 13.2 Å². The van der Waals surface area contributed by atoms with Gasteiger partial charge in [0.1, 0.15) is 11.0 Å². The first-order valence-corrected chi connectivity index (χ1v) is 9.67. The molecule has 0 spiro atoms. The number of hydrogen-bond acceptors (Lipinski definition) is 6. The van der Waals surface area contributed by atoms with E-state index in [1.54, 1.807) is 18.6 Å². The van der Waals surface area contributed by atoms with Gasteiger partial charge in [0.2, 0.25) is 15.9 Å². The Morgan fingerprint density at radius 2 is 2.24 bits per heavy atom. The highest BCUT2D eigenvalue weighted by atomic mass is 32.2. The first kappa shape index (κ1) is 17.8. The number of aromatic nitrogens is 3. The zero-order valence-corrected chi connectivity index (χ0v) is 15.1. The smallest absolute Gasteiger partial charge is 0.242 e. The molecule has 0 saturated carbocycles. The number of pyridine rings is 1. The van der Waals surface area contributed by atoms with Crippen LogP contribution < -0.4 is 9.46 Å². The van der Waals surface area contributed by atoms with Gasteiger partial charge < -0.3 is 14.0 Å². The number of sulfonamides is 1. The van der Waals surface area contributed by atoms with Crippen molar-refractivity contribution in [2.24, 2.45) is 7.05 Å². The molecule has 1 aliphatic heterocycles. The van der Waals surface area contributed by atoms with E-state index in [0.717, 1.165) is 5.69 Å². The molecule has 136 valence electrons. The van der Waals surface area contributed by atoms with Crippen LogP contribution in [0.5, 0.6) is 5.88 Å². The Morgan fingerprint density at radius 3 is 2.88 bits per heavy atom. The van der Waals surface area contributed by atoms with Crippen LogP contribution in [0.15, 0.2) is 35.7 Å². The molecule has 9 heteroatoms. The second-order valence-electron chi connectivity index (χ2n) is 5.90. The summed E-state index contributed by atoms with van der Waals surface area (Å²) in [6.07, 6.45) is 5.77. The Kier molecular flexibility index (Phi) is 5.36. The third-order valence-corrected chi connectivity index (χ3v) is 5.61. The van der Waals surface area contributed by atoms with E-state index in [1.165, 1.54) is 12.3 Å². The van der Waals surface area contributed by atoms with Gasteiger partial charge in [-0.05, 0) is 25.8 Å². The number of ether oxygens (including phenoxy) is 2. The van der Waals surface area contributed by atoms with Gasteiger partial charge in [0.15, 0.2) is 0 Å². The predicted octanol–water partition coefficient (Wildman–Crippen LogP) is 1.41. The molecular formula is C16H22N4O4S. The lowest BCUT2D eigenvalue weighted by Gasteiger charge is -2.30. The summed E-state index contributed by atoms with van der Waals surface area (Å²) >= 11 is 0. The van der Waals surface area contributed by atoms with E-state index in [0.29, 0.717) is 31.9 Å². The molecular weight excluding hydrogens is 344 g/mol. The quantitative estimate of drug-likeness (QED) is 0.831. The van der Waals surface area contributed by atoms with Crippen LogP contribution in [-0.4, -0.2) is 42.2 Å². The monoisotopic (exact) mass is 366 g/mol. The summed E-state index contributed by atoms with van der Waals surface area (Å²) in [6.45, 7) is 2.82. The van der Waals surface area contributed by atoms with Crippen molar-refractivity contribution in [3.8, 4) is 5.88 Å². The maximum absolute atomic E-state index is 12.6. The van der Waals surface area contributed by atoms with Crippen LogP contribution in [-0.2, 0) is 21.8 Å². The van der Waals surface area contributed by atoms with Crippen molar-refractivity contribution in [3.63, 3.8) is 0 Å². The molecule has 0 radical (unpaired) electrons. The molecule has 3 heterocycles. The normalized spacial score (nSPS) is 21.2. The average molecular weight is 366 g/mol. The summed E-state index contributed by atoms with van der Waals surface area (Å²) in [7, 11) is -1.75. The minimum Gasteiger partial charge on any atom is -0.478 e. The number of aryl methyl sites for hydroxylation is 1. The van der Waals surface area contributed by atoms with Crippen molar-refractivity contribution in [1.82, 2.24) is 19.3 Å². The molecule has 1 saturated heterocycles. The third kappa shape index (κ3) is 4.17. The standard InChI is InChI=1S/C16H22N4O4S/c1-3-23-16-5-4-13(9-18-16)25(21,22)19-12-6-7-24-15(8-12)14-10-17-11-20(14)2/h4-5,9-12,15,19H,3,6-8H2,1-2H3/t12-,15-/m0/s1. The number of nitrogens with zero attached hydrogens (tertiary/aromatic N) is 3. The zero-order valence-electron chi connectivity index (χ0n) is 14.3. The Bertz CT molecular complexity index is 804. The molecule has 25 heavy (non-hydrogen) atoms. The summed E-state index contributed by atoms with van der Waals surface area (Å²) < 4.78 is 40.8. The molecule has 3 rings (SSSR count). The predicted molar refractivity (Wildman–Crippen MR) is 90.7 cm³/mol. The van der Waals surface area contributed by atoms with Crippen molar-refractivity contribution in [1.29, 1.82) is 0 Å². The van der Waals surface area contributed by atoms with E-state index >= 15 is 0 Å². The maximum atomic E-state index is 12.6. The Balaban J connectivity index is 1.68. The lowest BCUT2D eigenvalue weighted by molar-refractivity contribution is -0.0000447. The second kappa shape index (κ2) is 7.51. The molecule has 0 aromatic carbocycles. The van der Waals surface area contributed by atoms with Crippen LogP contribution in [0.25, 0.3) is 0 Å². The van der Waals surface area contributed by atoms with E-state index < -0.39 is 10.0 Å². The van der Waals surface area contributed by atoms with Crippen molar-refractivity contribution >= 4 is 10.0 Å². The van der Waals surface area contributed by atoms with E-state index in [4.69, 9.17) is 9.47 Å². The highest BCUT2D eigenvalue weighted by Gasteiger charge is 2.29. The van der Waals surface area contributed by atoms with Crippen molar-refractivity contribution in [2.45, 2.75) is 36.8 Å². The van der Waals surface area contributed by atoms with Gasteiger partial charge in [0, 0.05) is 25.8 Å². The third-order valence-electron chi connectivity index (χ3n) is 4.10. The molecule has 2 atom stereocenters. The van der Waals surface area contributed by atoms with Gasteiger partial charge in [-0.3, -0.25) is 0 Å². The van der Waals surface area contributed by atoms with Crippen molar-refractivity contribution in [3.05, 3.63) is 36.5 Å². The topological polar surface area (TPSA) is 95.3 Å². The SMILES string of the molecule is CCOc1ccc(S(=O)(=O)N[C@H]2CCO[C@H](c3cncn3C)C2)cn1. The molecule has 1 aliphatic rings. The molecule has 1 N–H and O–H groups in total. The Labute approximate surface area is 147 Å². The van der Waals surface area contributed by atoms with E-state index in [9.17, 15) is 8.42 Å². The largest absolute Gasteiger partial charge is 0.478 e. The number of imidazole rings is 1. The van der Waals surface area contributed by atoms with Gasteiger partial charge in [-0.1, -0.05) is 0 Å². The Hall–Kier alpha value is -1.97. The average Bonchev–Trinajstić information content (AvgIpc) is 3.02. The van der Waals surface area contributed by atoms with E-state index in [2.05, 4.69) is 14.7 Å². The molecule has 0 unspecified atom stereocenters. The number of nitrogens with one attached hydrogen (secondary N) is 1. The van der Waals surface area contributed by atoms with Gasteiger partial charge in [-0.25, -0.2) is 23.1 Å². The molecule has 2 aromatic heterocycles. The summed E-state index contributed by atoms with van der Waals surface area (Å²) in [4.78, 5) is 8.23. The lowest BCUT2D eigenvalue weighted by Crippen LogP contribution is -2.40. The summed E-state index contributed by atoms with van der Waals surface area (Å²) in [5.74, 6) is 0.406. The van der Waals surface area contributed by atoms with Crippen molar-refractivity contribution < 1.29 is 17.9 Å². The van der Waals surface area contributed by atoms with Crippen LogP contribution in [0.2, 0.25) is 0 Å². The zero-order chi connectivity index (χ0) is 17.9. The first-order chi connectivity index (χ1) is 12.0. The number of rotatable bonds is 6. The highest BCUT2D eigenvalue weighted by molar-refractivity contribution is 7.89. The molecule has 1 fully saturated rings. The molecule has 2 aromatic rings. The van der Waals surface area contributed by atoms with Crippen LogP contribution in [0.1, 0.15) is 31.6 Å². The second-order valence-corrected chi connectivity index (χ2v) is 7.61. The minimum absolute atomic E-state index is 0.125. The van der Waals surface area contributed by atoms with Crippen LogP contribution in [0.4, 0.5) is 0 Å². The first-order valence-electron chi connectivity index (χ1n) is 8.18. The fourth-order valence-corrected chi connectivity index (χ4v) is 4.06. The number of hydrogen-bond donors (Lipinski definition) is 1. The lowest BCUT2D eigenvalue weighted by atomic mass is 10.0. The minimum atomic E-state index is -3.64. The molecule has 8 nitrogen and oxygen atoms in total. The maximum Gasteiger partial charge on any atom is 0.242 e. The molecule has 0 bridgehead atoms. The fraction of sp³-hybridized carbons (Fsp3) is 0.500. The molecule has 0 amide bonds. The summed E-state index contributed by atoms with van der Waals surface area (Å²) in [6, 6.07) is 2.85. The van der Waals surface area contributed by atoms with Crippen LogP contribution in [0, 0.1) is 0 Å². The Morgan fingerprint density at radius 1 is 1.40 bits per heavy atom. The van der Waals surface area contributed by atoms with Gasteiger partial charge in [-0.2, -0.15) is 0 Å². The van der Waals surface area contributed by atoms with Gasteiger partial charge >= 0.3 is 0 Å². The van der Waals surface area contributed by atoms with Gasteiger partial charge in [-0.15, -0.1) is 0 Å².